The van der Waals surface area contributed by atoms with Gasteiger partial charge in [0.05, 0.1) is 0 Å². The Bertz CT molecular complexity index is 693. The lowest BCUT2D eigenvalue weighted by Crippen LogP contribution is -2.31. The van der Waals surface area contributed by atoms with Gasteiger partial charge in [0.2, 0.25) is 11.7 Å². The molecule has 0 amide bonds. The third-order valence-electron chi connectivity index (χ3n) is 2.78. The summed E-state index contributed by atoms with van der Waals surface area (Å²) in [5, 5.41) is 3.78. The molecule has 0 aliphatic carbocycles. The first-order valence-corrected chi connectivity index (χ1v) is 5.55. The predicted octanol–water partition coefficient (Wildman–Crippen LogP) is 0.555. The van der Waals surface area contributed by atoms with Crippen molar-refractivity contribution in [2.24, 2.45) is 7.05 Å². The van der Waals surface area contributed by atoms with E-state index in [-0.39, 0.29) is 17.3 Å². The van der Waals surface area contributed by atoms with Gasteiger partial charge in [-0.2, -0.15) is 4.98 Å². The topological polar surface area (TPSA) is 93.8 Å². The molecular formula is C11H14N4O3. The Kier molecular flexibility index (Phi) is 2.90. The molecule has 0 saturated carbocycles. The summed E-state index contributed by atoms with van der Waals surface area (Å²) in [6.07, 6.45) is 0. The molecule has 0 radical (unpaired) electrons. The average Bonchev–Trinajstić information content (AvgIpc) is 2.75. The maximum atomic E-state index is 11.8. The first-order valence-electron chi connectivity index (χ1n) is 5.55. The minimum atomic E-state index is -0.508. The van der Waals surface area contributed by atoms with Crippen LogP contribution in [0.5, 0.6) is 0 Å². The van der Waals surface area contributed by atoms with Crippen molar-refractivity contribution in [1.29, 1.82) is 0 Å². The van der Waals surface area contributed by atoms with Crippen LogP contribution >= 0.6 is 0 Å². The highest BCUT2D eigenvalue weighted by Gasteiger charge is 2.18. The number of aromatic amines is 1. The maximum Gasteiger partial charge on any atom is 0.328 e. The van der Waals surface area contributed by atoms with E-state index < -0.39 is 11.2 Å². The fourth-order valence-corrected chi connectivity index (χ4v) is 1.56. The summed E-state index contributed by atoms with van der Waals surface area (Å²) in [6.45, 7) is 5.49. The second-order valence-corrected chi connectivity index (χ2v) is 4.39. The van der Waals surface area contributed by atoms with Gasteiger partial charge in [0.25, 0.3) is 5.56 Å². The van der Waals surface area contributed by atoms with E-state index >= 15 is 0 Å². The molecule has 0 bridgehead atoms. The number of nitrogens with zero attached hydrogens (tertiary/aromatic N) is 3. The fraction of sp³-hybridized carbons (Fsp3) is 0.455. The van der Waals surface area contributed by atoms with Crippen LogP contribution in [0, 0.1) is 6.92 Å². The van der Waals surface area contributed by atoms with E-state index in [0.717, 1.165) is 0 Å². The molecule has 1 N–H and O–H groups in total. The molecule has 96 valence electrons. The smallest absolute Gasteiger partial charge is 0.328 e. The molecule has 0 aliphatic heterocycles. The fourth-order valence-electron chi connectivity index (χ4n) is 1.56. The first-order chi connectivity index (χ1) is 8.41. The van der Waals surface area contributed by atoms with E-state index in [1.165, 1.54) is 4.57 Å². The Labute approximate surface area is 102 Å². The standard InChI is InChI=1S/C11H14N4O3/c1-5(2)10-12-8(14-18-10)7-6(3)15(4)11(17)13-9(7)16/h5H,1-4H3,(H,13,16,17). The number of hydrogen-bond acceptors (Lipinski definition) is 5. The molecule has 7 nitrogen and oxygen atoms in total. The molecule has 2 rings (SSSR count). The summed E-state index contributed by atoms with van der Waals surface area (Å²) >= 11 is 0. The van der Waals surface area contributed by atoms with Crippen LogP contribution in [0.3, 0.4) is 0 Å². The molecule has 18 heavy (non-hydrogen) atoms. The van der Waals surface area contributed by atoms with Crippen LogP contribution in [-0.2, 0) is 7.05 Å². The van der Waals surface area contributed by atoms with E-state index in [2.05, 4.69) is 15.1 Å². The van der Waals surface area contributed by atoms with Crippen LogP contribution in [0.2, 0.25) is 0 Å². The molecule has 0 fully saturated rings. The van der Waals surface area contributed by atoms with Gasteiger partial charge in [-0.25, -0.2) is 4.79 Å². The van der Waals surface area contributed by atoms with Crippen molar-refractivity contribution in [3.05, 3.63) is 32.4 Å². The minimum Gasteiger partial charge on any atom is -0.339 e. The quantitative estimate of drug-likeness (QED) is 0.840. The Morgan fingerprint density at radius 1 is 1.33 bits per heavy atom. The zero-order chi connectivity index (χ0) is 13.4. The second kappa shape index (κ2) is 4.25. The van der Waals surface area contributed by atoms with Crippen molar-refractivity contribution < 1.29 is 4.52 Å². The van der Waals surface area contributed by atoms with Crippen molar-refractivity contribution in [2.75, 3.05) is 0 Å². The van der Waals surface area contributed by atoms with Crippen LogP contribution in [-0.4, -0.2) is 19.7 Å². The van der Waals surface area contributed by atoms with Crippen LogP contribution in [0.25, 0.3) is 11.4 Å². The van der Waals surface area contributed by atoms with Crippen LogP contribution < -0.4 is 11.2 Å². The normalized spacial score (nSPS) is 11.2. The molecule has 0 unspecified atom stereocenters. The molecule has 2 heterocycles. The summed E-state index contributed by atoms with van der Waals surface area (Å²) < 4.78 is 6.39. The van der Waals surface area contributed by atoms with Crippen molar-refractivity contribution in [3.8, 4) is 11.4 Å². The second-order valence-electron chi connectivity index (χ2n) is 4.39. The van der Waals surface area contributed by atoms with Gasteiger partial charge in [0, 0.05) is 18.7 Å². The van der Waals surface area contributed by atoms with E-state index in [9.17, 15) is 9.59 Å². The van der Waals surface area contributed by atoms with Gasteiger partial charge in [0.1, 0.15) is 5.56 Å². The molecular weight excluding hydrogens is 236 g/mol. The van der Waals surface area contributed by atoms with Crippen LogP contribution in [0.4, 0.5) is 0 Å². The van der Waals surface area contributed by atoms with Gasteiger partial charge >= 0.3 is 5.69 Å². The highest BCUT2D eigenvalue weighted by Crippen LogP contribution is 2.18. The van der Waals surface area contributed by atoms with Gasteiger partial charge in [-0.3, -0.25) is 9.78 Å². The predicted molar refractivity (Wildman–Crippen MR) is 64.4 cm³/mol. The molecule has 0 aromatic carbocycles. The van der Waals surface area contributed by atoms with Gasteiger partial charge in [-0.15, -0.1) is 0 Å². The number of aromatic nitrogens is 4. The molecule has 0 saturated heterocycles. The van der Waals surface area contributed by atoms with Crippen LogP contribution in [0.15, 0.2) is 14.1 Å². The van der Waals surface area contributed by atoms with Crippen LogP contribution in [0.1, 0.15) is 31.4 Å². The number of nitrogens with one attached hydrogen (secondary N) is 1. The Balaban J connectivity index is 2.67. The summed E-state index contributed by atoms with van der Waals surface area (Å²) in [5.74, 6) is 0.740. The third kappa shape index (κ3) is 1.87. The Hall–Kier alpha value is -2.18. The molecule has 0 spiro atoms. The monoisotopic (exact) mass is 250 g/mol. The Morgan fingerprint density at radius 2 is 2.00 bits per heavy atom. The van der Waals surface area contributed by atoms with Gasteiger partial charge < -0.3 is 9.09 Å². The lowest BCUT2D eigenvalue weighted by molar-refractivity contribution is 0.365. The van der Waals surface area contributed by atoms with Crippen molar-refractivity contribution in [2.45, 2.75) is 26.7 Å². The van der Waals surface area contributed by atoms with Gasteiger partial charge in [-0.1, -0.05) is 19.0 Å². The maximum absolute atomic E-state index is 11.8. The SMILES string of the molecule is Cc1c(-c2noc(C(C)C)n2)c(=O)[nH]c(=O)n1C. The summed E-state index contributed by atoms with van der Waals surface area (Å²) in [6, 6.07) is 0. The molecule has 7 heteroatoms. The zero-order valence-electron chi connectivity index (χ0n) is 10.6. The largest absolute Gasteiger partial charge is 0.339 e. The van der Waals surface area contributed by atoms with Crippen molar-refractivity contribution >= 4 is 0 Å². The molecule has 2 aromatic rings. The number of rotatable bonds is 2. The lowest BCUT2D eigenvalue weighted by atomic mass is 10.2. The summed E-state index contributed by atoms with van der Waals surface area (Å²) in [7, 11) is 1.57. The lowest BCUT2D eigenvalue weighted by Gasteiger charge is -2.04. The first kappa shape index (κ1) is 12.3. The Morgan fingerprint density at radius 3 is 2.56 bits per heavy atom. The van der Waals surface area contributed by atoms with Crippen molar-refractivity contribution in [3.63, 3.8) is 0 Å². The average molecular weight is 250 g/mol. The third-order valence-corrected chi connectivity index (χ3v) is 2.78. The molecule has 0 aliphatic rings. The number of hydrogen-bond donors (Lipinski definition) is 1. The van der Waals surface area contributed by atoms with Crippen molar-refractivity contribution in [1.82, 2.24) is 19.7 Å². The van der Waals surface area contributed by atoms with E-state index in [1.54, 1.807) is 14.0 Å². The van der Waals surface area contributed by atoms with E-state index in [4.69, 9.17) is 4.52 Å². The number of H-pyrrole nitrogens is 1. The summed E-state index contributed by atoms with van der Waals surface area (Å²) in [5.41, 5.74) is -0.215. The highest BCUT2D eigenvalue weighted by molar-refractivity contribution is 5.55. The highest BCUT2D eigenvalue weighted by atomic mass is 16.5. The summed E-state index contributed by atoms with van der Waals surface area (Å²) in [4.78, 5) is 29.6. The van der Waals surface area contributed by atoms with E-state index in [1.807, 2.05) is 13.8 Å². The minimum absolute atomic E-state index is 0.0816. The molecule has 2 aromatic heterocycles. The zero-order valence-corrected chi connectivity index (χ0v) is 10.6. The van der Waals surface area contributed by atoms with E-state index in [0.29, 0.717) is 11.6 Å². The van der Waals surface area contributed by atoms with Gasteiger partial charge in [-0.05, 0) is 6.92 Å². The van der Waals surface area contributed by atoms with Gasteiger partial charge in [0.15, 0.2) is 0 Å². The molecule has 0 atom stereocenters.